The second kappa shape index (κ2) is 8.93. The Labute approximate surface area is 184 Å². The highest BCUT2D eigenvalue weighted by Crippen LogP contribution is 2.31. The number of ether oxygens (including phenoxy) is 2. The van der Waals surface area contributed by atoms with Crippen LogP contribution in [0, 0.1) is 0 Å². The number of hydrogen-bond acceptors (Lipinski definition) is 6. The van der Waals surface area contributed by atoms with Crippen LogP contribution in [0.2, 0.25) is 0 Å². The predicted octanol–water partition coefficient (Wildman–Crippen LogP) is 2.85. The van der Waals surface area contributed by atoms with Crippen molar-refractivity contribution >= 4 is 29.2 Å². The number of para-hydroxylation sites is 1. The van der Waals surface area contributed by atoms with E-state index in [0.29, 0.717) is 35.1 Å². The first-order valence-corrected chi connectivity index (χ1v) is 10.0. The monoisotopic (exact) mass is 434 g/mol. The van der Waals surface area contributed by atoms with Gasteiger partial charge >= 0.3 is 0 Å². The highest BCUT2D eigenvalue weighted by atomic mass is 16.5. The van der Waals surface area contributed by atoms with Crippen molar-refractivity contribution in [2.45, 2.75) is 19.4 Å². The number of benzene rings is 2. The van der Waals surface area contributed by atoms with Gasteiger partial charge in [0.2, 0.25) is 11.8 Å². The van der Waals surface area contributed by atoms with Gasteiger partial charge in [-0.2, -0.15) is 5.10 Å². The first-order chi connectivity index (χ1) is 15.5. The van der Waals surface area contributed by atoms with Gasteiger partial charge in [-0.25, -0.2) is 4.68 Å². The second-order valence-electron chi connectivity index (χ2n) is 7.15. The summed E-state index contributed by atoms with van der Waals surface area (Å²) >= 11 is 0. The van der Waals surface area contributed by atoms with Crippen LogP contribution < -0.4 is 19.7 Å². The summed E-state index contributed by atoms with van der Waals surface area (Å²) in [6.45, 7) is 0.362. The molecule has 9 nitrogen and oxygen atoms in total. The normalized spacial score (nSPS) is 13.4. The number of hydrogen-bond donors (Lipinski definition) is 1. The zero-order valence-corrected chi connectivity index (χ0v) is 17.7. The number of carbonyl (C=O) groups excluding carboxylic acids is 3. The number of anilines is 2. The molecular weight excluding hydrogens is 412 g/mol. The first kappa shape index (κ1) is 21.1. The second-order valence-corrected chi connectivity index (χ2v) is 7.15. The quantitative estimate of drug-likeness (QED) is 0.574. The number of nitrogens with zero attached hydrogens (tertiary/aromatic N) is 3. The Balaban J connectivity index is 1.49. The fourth-order valence-electron chi connectivity index (χ4n) is 3.62. The lowest BCUT2D eigenvalue weighted by Crippen LogP contribution is -2.28. The molecule has 1 aliphatic heterocycles. The molecule has 0 unspecified atom stereocenters. The standard InChI is InChI=1S/C23H22N4O5/c1-31-18-5-3-4-16(22(18)32-2)14-26-19(12-13-24-26)25-23(30)15-6-8-17(9-7-15)27-20(28)10-11-21(27)29/h3-9,12-13H,10-11,14H2,1-2H3,(H,25,30). The van der Waals surface area contributed by atoms with Crippen LogP contribution in [0.1, 0.15) is 28.8 Å². The molecule has 1 aromatic heterocycles. The number of aromatic nitrogens is 2. The fourth-order valence-corrected chi connectivity index (χ4v) is 3.62. The van der Waals surface area contributed by atoms with Crippen LogP contribution >= 0.6 is 0 Å². The minimum atomic E-state index is -0.338. The Hall–Kier alpha value is -4.14. The Morgan fingerprint density at radius 3 is 2.38 bits per heavy atom. The number of carbonyl (C=O) groups is 3. The van der Waals surface area contributed by atoms with E-state index in [0.717, 1.165) is 10.5 Å². The zero-order valence-electron chi connectivity index (χ0n) is 17.7. The van der Waals surface area contributed by atoms with Gasteiger partial charge in [0.25, 0.3) is 5.91 Å². The lowest BCUT2D eigenvalue weighted by Gasteiger charge is -2.15. The predicted molar refractivity (Wildman–Crippen MR) is 117 cm³/mol. The maximum atomic E-state index is 12.8. The third-order valence-electron chi connectivity index (χ3n) is 5.20. The maximum Gasteiger partial charge on any atom is 0.256 e. The molecule has 0 radical (unpaired) electrons. The van der Waals surface area contributed by atoms with Crippen LogP contribution in [-0.4, -0.2) is 41.7 Å². The molecule has 32 heavy (non-hydrogen) atoms. The Morgan fingerprint density at radius 2 is 1.72 bits per heavy atom. The lowest BCUT2D eigenvalue weighted by molar-refractivity contribution is -0.121. The molecule has 1 aliphatic rings. The Kier molecular flexibility index (Phi) is 5.89. The van der Waals surface area contributed by atoms with Gasteiger partial charge in [0.1, 0.15) is 5.82 Å². The molecule has 1 fully saturated rings. The van der Waals surface area contributed by atoms with E-state index < -0.39 is 0 Å². The molecule has 4 rings (SSSR count). The maximum absolute atomic E-state index is 12.8. The average Bonchev–Trinajstić information content (AvgIpc) is 3.38. The van der Waals surface area contributed by atoms with Crippen molar-refractivity contribution in [2.24, 2.45) is 0 Å². The molecule has 0 spiro atoms. The van der Waals surface area contributed by atoms with Crippen LogP contribution in [0.25, 0.3) is 0 Å². The van der Waals surface area contributed by atoms with E-state index >= 15 is 0 Å². The number of nitrogens with one attached hydrogen (secondary N) is 1. The molecule has 0 atom stereocenters. The van der Waals surface area contributed by atoms with Gasteiger partial charge in [0, 0.05) is 30.0 Å². The van der Waals surface area contributed by atoms with Gasteiger partial charge in [-0.05, 0) is 30.3 Å². The summed E-state index contributed by atoms with van der Waals surface area (Å²) in [4.78, 5) is 37.7. The SMILES string of the molecule is COc1cccc(Cn2nccc2NC(=O)c2ccc(N3C(=O)CCC3=O)cc2)c1OC. The van der Waals surface area contributed by atoms with E-state index in [9.17, 15) is 14.4 Å². The number of rotatable bonds is 7. The molecule has 0 aliphatic carbocycles. The first-order valence-electron chi connectivity index (χ1n) is 10.0. The van der Waals surface area contributed by atoms with E-state index in [4.69, 9.17) is 9.47 Å². The summed E-state index contributed by atoms with van der Waals surface area (Å²) in [7, 11) is 3.14. The van der Waals surface area contributed by atoms with Gasteiger partial charge < -0.3 is 14.8 Å². The van der Waals surface area contributed by atoms with Gasteiger partial charge in [-0.3, -0.25) is 19.3 Å². The van der Waals surface area contributed by atoms with Crippen molar-refractivity contribution in [3.63, 3.8) is 0 Å². The Bertz CT molecular complexity index is 1150. The van der Waals surface area contributed by atoms with Gasteiger partial charge in [0.15, 0.2) is 11.5 Å². The molecular formula is C23H22N4O5. The molecule has 1 saturated heterocycles. The van der Waals surface area contributed by atoms with Crippen LogP contribution in [0.3, 0.4) is 0 Å². The summed E-state index contributed by atoms with van der Waals surface area (Å²) in [6, 6.07) is 13.6. The molecule has 0 saturated carbocycles. The third-order valence-corrected chi connectivity index (χ3v) is 5.20. The van der Waals surface area contributed by atoms with E-state index in [2.05, 4.69) is 10.4 Å². The van der Waals surface area contributed by atoms with Crippen molar-refractivity contribution in [1.29, 1.82) is 0 Å². The molecule has 3 aromatic rings. The van der Waals surface area contributed by atoms with E-state index in [-0.39, 0.29) is 30.6 Å². The number of imide groups is 1. The smallest absolute Gasteiger partial charge is 0.256 e. The van der Waals surface area contributed by atoms with Crippen LogP contribution in [-0.2, 0) is 16.1 Å². The van der Waals surface area contributed by atoms with Crippen LogP contribution in [0.4, 0.5) is 11.5 Å². The number of amides is 3. The Morgan fingerprint density at radius 1 is 1.00 bits per heavy atom. The van der Waals surface area contributed by atoms with E-state index in [1.54, 1.807) is 61.5 Å². The van der Waals surface area contributed by atoms with Gasteiger partial charge in [-0.1, -0.05) is 12.1 Å². The van der Waals surface area contributed by atoms with Crippen molar-refractivity contribution in [3.8, 4) is 11.5 Å². The van der Waals surface area contributed by atoms with Crippen LogP contribution in [0.5, 0.6) is 11.5 Å². The summed E-state index contributed by atoms with van der Waals surface area (Å²) < 4.78 is 12.5. The minimum Gasteiger partial charge on any atom is -0.493 e. The molecule has 3 amide bonds. The third kappa shape index (κ3) is 4.04. The molecule has 2 aromatic carbocycles. The molecule has 0 bridgehead atoms. The lowest BCUT2D eigenvalue weighted by atomic mass is 10.1. The summed E-state index contributed by atoms with van der Waals surface area (Å²) in [5.41, 5.74) is 1.69. The van der Waals surface area contributed by atoms with Crippen LogP contribution in [0.15, 0.2) is 54.7 Å². The average molecular weight is 434 g/mol. The zero-order chi connectivity index (χ0) is 22.7. The fraction of sp³-hybridized carbons (Fsp3) is 0.217. The summed E-state index contributed by atoms with van der Waals surface area (Å²) in [5, 5.41) is 7.14. The highest BCUT2D eigenvalue weighted by Gasteiger charge is 2.30. The van der Waals surface area contributed by atoms with E-state index in [1.165, 1.54) is 0 Å². The highest BCUT2D eigenvalue weighted by molar-refractivity contribution is 6.20. The van der Waals surface area contributed by atoms with Crippen molar-refractivity contribution in [3.05, 3.63) is 65.9 Å². The topological polar surface area (TPSA) is 103 Å². The molecule has 164 valence electrons. The van der Waals surface area contributed by atoms with Crippen molar-refractivity contribution in [1.82, 2.24) is 9.78 Å². The van der Waals surface area contributed by atoms with E-state index in [1.807, 2.05) is 12.1 Å². The summed E-state index contributed by atoms with van der Waals surface area (Å²) in [6.07, 6.45) is 2.02. The minimum absolute atomic E-state index is 0.211. The largest absolute Gasteiger partial charge is 0.493 e. The summed E-state index contributed by atoms with van der Waals surface area (Å²) in [5.74, 6) is 0.916. The van der Waals surface area contributed by atoms with Gasteiger partial charge in [-0.15, -0.1) is 0 Å². The number of methoxy groups -OCH3 is 2. The van der Waals surface area contributed by atoms with Gasteiger partial charge in [0.05, 0.1) is 32.6 Å². The van der Waals surface area contributed by atoms with Crippen molar-refractivity contribution in [2.75, 3.05) is 24.4 Å². The van der Waals surface area contributed by atoms with Crippen molar-refractivity contribution < 1.29 is 23.9 Å². The molecule has 1 N–H and O–H groups in total. The molecule has 9 heteroatoms. The molecule has 2 heterocycles.